The molecule has 0 saturated heterocycles. The Hall–Kier alpha value is -1.51. The number of amides is 1. The highest BCUT2D eigenvalue weighted by atomic mass is 16.1. The molecule has 0 spiro atoms. The molecule has 2 N–H and O–H groups in total. The van der Waals surface area contributed by atoms with E-state index in [0.29, 0.717) is 18.9 Å². The van der Waals surface area contributed by atoms with Crippen LogP contribution < -0.4 is 10.6 Å². The summed E-state index contributed by atoms with van der Waals surface area (Å²) in [5, 5.41) is 0. The maximum atomic E-state index is 11.0. The first-order chi connectivity index (χ1) is 8.42. The van der Waals surface area contributed by atoms with Crippen molar-refractivity contribution in [1.82, 2.24) is 0 Å². The van der Waals surface area contributed by atoms with E-state index < -0.39 is 0 Å². The fourth-order valence-electron chi connectivity index (χ4n) is 3.09. The normalized spacial score (nSPS) is 21.5. The van der Waals surface area contributed by atoms with Gasteiger partial charge in [-0.1, -0.05) is 25.1 Å². The topological polar surface area (TPSA) is 46.3 Å². The van der Waals surface area contributed by atoms with Gasteiger partial charge >= 0.3 is 0 Å². The number of para-hydroxylation sites is 1. The van der Waals surface area contributed by atoms with Crippen molar-refractivity contribution < 1.29 is 4.79 Å². The molecule has 0 bridgehead atoms. The number of carbonyl (C=O) groups excluding carboxylic acids is 1. The number of hydrogen-bond donors (Lipinski definition) is 1. The number of anilines is 1. The van der Waals surface area contributed by atoms with Gasteiger partial charge in [0.1, 0.15) is 0 Å². The third-order valence-corrected chi connectivity index (χ3v) is 3.88. The van der Waals surface area contributed by atoms with Crippen LogP contribution in [0.1, 0.15) is 45.1 Å². The largest absolute Gasteiger partial charge is 0.370 e. The molecule has 0 aliphatic carbocycles. The Bertz CT molecular complexity index is 454. The van der Waals surface area contributed by atoms with Crippen LogP contribution in [0.25, 0.3) is 0 Å². The van der Waals surface area contributed by atoms with Crippen molar-refractivity contribution in [3.05, 3.63) is 29.8 Å². The molecule has 2 rings (SSSR count). The van der Waals surface area contributed by atoms with Crippen LogP contribution in [0.5, 0.6) is 0 Å². The Kier molecular flexibility index (Phi) is 3.33. The number of primary amides is 1. The fraction of sp³-hybridized carbons (Fsp3) is 0.533. The van der Waals surface area contributed by atoms with E-state index in [9.17, 15) is 4.79 Å². The maximum absolute atomic E-state index is 11.0. The van der Waals surface area contributed by atoms with Gasteiger partial charge in [0.05, 0.1) is 0 Å². The van der Waals surface area contributed by atoms with Crippen molar-refractivity contribution >= 4 is 11.6 Å². The van der Waals surface area contributed by atoms with Crippen molar-refractivity contribution in [2.75, 3.05) is 11.4 Å². The number of nitrogens with two attached hydrogens (primary N) is 1. The highest BCUT2D eigenvalue weighted by molar-refractivity contribution is 5.74. The lowest BCUT2D eigenvalue weighted by Crippen LogP contribution is -2.49. The summed E-state index contributed by atoms with van der Waals surface area (Å²) < 4.78 is 0. The van der Waals surface area contributed by atoms with Gasteiger partial charge in [0.25, 0.3) is 0 Å². The fourth-order valence-corrected chi connectivity index (χ4v) is 3.09. The number of hydrogen-bond acceptors (Lipinski definition) is 2. The molecule has 1 aromatic carbocycles. The highest BCUT2D eigenvalue weighted by Crippen LogP contribution is 2.42. The molecule has 0 fully saturated rings. The molecule has 1 aliphatic heterocycles. The van der Waals surface area contributed by atoms with Crippen LogP contribution in [0.2, 0.25) is 0 Å². The molecule has 0 saturated carbocycles. The summed E-state index contributed by atoms with van der Waals surface area (Å²) in [6.45, 7) is 7.44. The summed E-state index contributed by atoms with van der Waals surface area (Å²) in [7, 11) is 0. The second kappa shape index (κ2) is 4.63. The molecule has 1 aromatic rings. The first-order valence-corrected chi connectivity index (χ1v) is 6.56. The molecule has 0 radical (unpaired) electrons. The molecule has 1 heterocycles. The molecule has 1 aliphatic rings. The van der Waals surface area contributed by atoms with E-state index >= 15 is 0 Å². The van der Waals surface area contributed by atoms with Crippen LogP contribution in [-0.2, 0) is 4.79 Å². The minimum absolute atomic E-state index is 0.0726. The van der Waals surface area contributed by atoms with E-state index in [1.807, 2.05) is 0 Å². The average molecular weight is 246 g/mol. The zero-order valence-electron chi connectivity index (χ0n) is 11.4. The van der Waals surface area contributed by atoms with Gasteiger partial charge in [-0.3, -0.25) is 4.79 Å². The van der Waals surface area contributed by atoms with Gasteiger partial charge in [-0.2, -0.15) is 0 Å². The highest BCUT2D eigenvalue weighted by Gasteiger charge is 2.35. The lowest BCUT2D eigenvalue weighted by atomic mass is 9.80. The van der Waals surface area contributed by atoms with Crippen LogP contribution in [0.4, 0.5) is 5.69 Å². The van der Waals surface area contributed by atoms with E-state index in [0.717, 1.165) is 6.42 Å². The predicted molar refractivity (Wildman–Crippen MR) is 74.7 cm³/mol. The van der Waals surface area contributed by atoms with Crippen molar-refractivity contribution in [2.45, 2.75) is 45.1 Å². The Morgan fingerprint density at radius 1 is 1.44 bits per heavy atom. The number of benzene rings is 1. The van der Waals surface area contributed by atoms with Crippen molar-refractivity contribution in [3.63, 3.8) is 0 Å². The summed E-state index contributed by atoms with van der Waals surface area (Å²) in [6.07, 6.45) is 1.51. The first kappa shape index (κ1) is 12.9. The molecular weight excluding hydrogens is 224 g/mol. The quantitative estimate of drug-likeness (QED) is 0.891. The number of nitrogens with zero attached hydrogens (tertiary/aromatic N) is 1. The molecule has 1 amide bonds. The van der Waals surface area contributed by atoms with Gasteiger partial charge in [-0.05, 0) is 37.8 Å². The van der Waals surface area contributed by atoms with Gasteiger partial charge in [-0.15, -0.1) is 0 Å². The Morgan fingerprint density at radius 2 is 2.11 bits per heavy atom. The summed E-state index contributed by atoms with van der Waals surface area (Å²) in [6, 6.07) is 8.48. The van der Waals surface area contributed by atoms with Crippen LogP contribution in [0.3, 0.4) is 0 Å². The summed E-state index contributed by atoms with van der Waals surface area (Å²) in [4.78, 5) is 13.4. The van der Waals surface area contributed by atoms with E-state index in [-0.39, 0.29) is 11.4 Å². The van der Waals surface area contributed by atoms with E-state index in [1.54, 1.807) is 0 Å². The zero-order chi connectivity index (χ0) is 13.3. The average Bonchev–Trinajstić information content (AvgIpc) is 2.27. The van der Waals surface area contributed by atoms with E-state index in [2.05, 4.69) is 49.9 Å². The van der Waals surface area contributed by atoms with Gasteiger partial charge in [-0.25, -0.2) is 0 Å². The van der Waals surface area contributed by atoms with Crippen molar-refractivity contribution in [1.29, 1.82) is 0 Å². The minimum atomic E-state index is -0.234. The predicted octanol–water partition coefficient (Wildman–Crippen LogP) is 2.65. The standard InChI is InChI=1S/C15H22N2O/c1-11-10-15(2,3)17(9-8-14(16)18)13-7-5-4-6-12(11)13/h4-7,11H,8-10H2,1-3H3,(H2,16,18). The monoisotopic (exact) mass is 246 g/mol. The number of carbonyl (C=O) groups is 1. The van der Waals surface area contributed by atoms with Gasteiger partial charge in [0, 0.05) is 24.2 Å². The molecule has 18 heavy (non-hydrogen) atoms. The third-order valence-electron chi connectivity index (χ3n) is 3.88. The summed E-state index contributed by atoms with van der Waals surface area (Å²) in [5.74, 6) is 0.322. The Morgan fingerprint density at radius 3 is 2.78 bits per heavy atom. The van der Waals surface area contributed by atoms with Gasteiger partial charge in [0.15, 0.2) is 0 Å². The summed E-state index contributed by atoms with van der Waals surface area (Å²) in [5.41, 5.74) is 7.98. The molecule has 3 nitrogen and oxygen atoms in total. The first-order valence-electron chi connectivity index (χ1n) is 6.56. The molecule has 0 aromatic heterocycles. The third kappa shape index (κ3) is 2.35. The zero-order valence-corrected chi connectivity index (χ0v) is 11.4. The SMILES string of the molecule is CC1CC(C)(C)N(CCC(N)=O)c2ccccc21. The Labute approximate surface area is 109 Å². The van der Waals surface area contributed by atoms with Gasteiger partial charge < -0.3 is 10.6 Å². The Balaban J connectivity index is 2.35. The van der Waals surface area contributed by atoms with E-state index in [1.165, 1.54) is 11.3 Å². The van der Waals surface area contributed by atoms with Crippen LogP contribution >= 0.6 is 0 Å². The summed E-state index contributed by atoms with van der Waals surface area (Å²) >= 11 is 0. The molecule has 98 valence electrons. The lowest BCUT2D eigenvalue weighted by molar-refractivity contribution is -0.117. The second-order valence-electron chi connectivity index (χ2n) is 5.84. The smallest absolute Gasteiger partial charge is 0.219 e. The number of rotatable bonds is 3. The lowest BCUT2D eigenvalue weighted by Gasteiger charge is -2.47. The number of fused-ring (bicyclic) bond motifs is 1. The van der Waals surface area contributed by atoms with Crippen LogP contribution in [-0.4, -0.2) is 18.0 Å². The maximum Gasteiger partial charge on any atom is 0.219 e. The molecule has 3 heteroatoms. The van der Waals surface area contributed by atoms with Crippen molar-refractivity contribution in [2.24, 2.45) is 5.73 Å². The van der Waals surface area contributed by atoms with Crippen LogP contribution in [0, 0.1) is 0 Å². The molecule has 1 atom stereocenters. The van der Waals surface area contributed by atoms with E-state index in [4.69, 9.17) is 5.73 Å². The van der Waals surface area contributed by atoms with Crippen molar-refractivity contribution in [3.8, 4) is 0 Å². The van der Waals surface area contributed by atoms with Crippen LogP contribution in [0.15, 0.2) is 24.3 Å². The minimum Gasteiger partial charge on any atom is -0.370 e. The molecular formula is C15H22N2O. The second-order valence-corrected chi connectivity index (χ2v) is 5.84. The molecule has 1 unspecified atom stereocenters. The van der Waals surface area contributed by atoms with Gasteiger partial charge in [0.2, 0.25) is 5.91 Å².